The molecule has 3 aromatic rings. The molecule has 3 aromatic carbocycles. The number of benzene rings is 3. The van der Waals surface area contributed by atoms with E-state index in [9.17, 15) is 4.39 Å². The molecule has 0 fully saturated rings. The van der Waals surface area contributed by atoms with E-state index in [1.54, 1.807) is 6.07 Å². The minimum Gasteiger partial charge on any atom is -0.206 e. The third-order valence-corrected chi connectivity index (χ3v) is 6.66. The number of unbranched alkanes of at least 4 members (excludes halogenated alkanes) is 6. The van der Waals surface area contributed by atoms with E-state index in [1.165, 1.54) is 68.1 Å². The molecule has 0 atom stereocenters. The monoisotopic (exact) mass is 444 g/mol. The van der Waals surface area contributed by atoms with Gasteiger partial charge in [-0.15, -0.1) is 0 Å². The van der Waals surface area contributed by atoms with Gasteiger partial charge >= 0.3 is 0 Å². The van der Waals surface area contributed by atoms with Crippen molar-refractivity contribution in [1.82, 2.24) is 0 Å². The first kappa shape index (κ1) is 25.2. The van der Waals surface area contributed by atoms with E-state index in [-0.39, 0.29) is 5.82 Å². The summed E-state index contributed by atoms with van der Waals surface area (Å²) in [6.45, 7) is 4.48. The molecule has 0 bridgehead atoms. The van der Waals surface area contributed by atoms with Gasteiger partial charge in [0.15, 0.2) is 0 Å². The Bertz CT molecular complexity index is 937. The Balaban J connectivity index is 1.50. The van der Waals surface area contributed by atoms with Gasteiger partial charge in [0, 0.05) is 5.56 Å². The topological polar surface area (TPSA) is 0 Å². The molecule has 0 unspecified atom stereocenters. The van der Waals surface area contributed by atoms with Gasteiger partial charge in [-0.2, -0.15) is 0 Å². The van der Waals surface area contributed by atoms with E-state index in [1.807, 2.05) is 6.07 Å². The van der Waals surface area contributed by atoms with Crippen LogP contribution in [0.2, 0.25) is 0 Å². The molecule has 3 rings (SSSR count). The summed E-state index contributed by atoms with van der Waals surface area (Å²) in [5.74, 6) is -0.104. The zero-order valence-corrected chi connectivity index (χ0v) is 20.7. The molecule has 0 aromatic heterocycles. The summed E-state index contributed by atoms with van der Waals surface area (Å²) in [6.07, 6.45) is 14.3. The fourth-order valence-electron chi connectivity index (χ4n) is 4.47. The molecule has 0 spiro atoms. The van der Waals surface area contributed by atoms with Crippen LogP contribution in [0.4, 0.5) is 4.39 Å². The Kier molecular flexibility index (Phi) is 10.7. The highest BCUT2D eigenvalue weighted by Gasteiger charge is 2.07. The lowest BCUT2D eigenvalue weighted by Crippen LogP contribution is -1.94. The van der Waals surface area contributed by atoms with Gasteiger partial charge in [-0.05, 0) is 72.4 Å². The van der Waals surface area contributed by atoms with Crippen LogP contribution in [0.3, 0.4) is 0 Å². The van der Waals surface area contributed by atoms with Crippen molar-refractivity contribution in [2.45, 2.75) is 90.9 Å². The lowest BCUT2D eigenvalue weighted by Gasteiger charge is -2.09. The van der Waals surface area contributed by atoms with Crippen molar-refractivity contribution in [1.29, 1.82) is 0 Å². The summed E-state index contributed by atoms with van der Waals surface area (Å²) in [5.41, 5.74) is 6.91. The Hall–Kier alpha value is -2.41. The number of hydrogen-bond acceptors (Lipinski definition) is 0. The normalized spacial score (nSPS) is 11.1. The molecular weight excluding hydrogens is 403 g/mol. The molecule has 0 nitrogen and oxygen atoms in total. The summed E-state index contributed by atoms with van der Waals surface area (Å²) in [6, 6.07) is 23.3. The van der Waals surface area contributed by atoms with Gasteiger partial charge in [0.1, 0.15) is 5.82 Å². The molecule has 0 N–H and O–H groups in total. The van der Waals surface area contributed by atoms with Gasteiger partial charge in [0.05, 0.1) is 0 Å². The molecule has 0 aliphatic rings. The largest absolute Gasteiger partial charge is 0.206 e. The summed E-state index contributed by atoms with van der Waals surface area (Å²) in [5, 5.41) is 0. The maximum Gasteiger partial charge on any atom is 0.131 e. The quantitative estimate of drug-likeness (QED) is 0.217. The second-order valence-electron chi connectivity index (χ2n) is 9.45. The number of rotatable bonds is 14. The molecular formula is C32H41F. The predicted octanol–water partition coefficient (Wildman–Crippen LogP) is 9.52. The minimum absolute atomic E-state index is 0.104. The summed E-state index contributed by atoms with van der Waals surface area (Å²) >= 11 is 0. The first-order valence-electron chi connectivity index (χ1n) is 13.1. The Morgan fingerprint density at radius 3 is 1.55 bits per heavy atom. The molecule has 0 saturated carbocycles. The molecule has 0 amide bonds. The van der Waals surface area contributed by atoms with Crippen LogP contribution in [0, 0.1) is 5.82 Å². The van der Waals surface area contributed by atoms with Crippen LogP contribution in [0.15, 0.2) is 66.7 Å². The van der Waals surface area contributed by atoms with E-state index in [0.717, 1.165) is 36.8 Å². The summed E-state index contributed by atoms with van der Waals surface area (Å²) < 4.78 is 14.8. The predicted molar refractivity (Wildman–Crippen MR) is 141 cm³/mol. The molecule has 33 heavy (non-hydrogen) atoms. The third kappa shape index (κ3) is 8.46. The Labute approximate surface area is 201 Å². The van der Waals surface area contributed by atoms with Crippen LogP contribution in [0.5, 0.6) is 0 Å². The van der Waals surface area contributed by atoms with Gasteiger partial charge in [0.25, 0.3) is 0 Å². The lowest BCUT2D eigenvalue weighted by atomic mass is 9.97. The number of aryl methyl sites for hydroxylation is 4. The zero-order chi connectivity index (χ0) is 23.3. The van der Waals surface area contributed by atoms with E-state index >= 15 is 0 Å². The van der Waals surface area contributed by atoms with E-state index in [4.69, 9.17) is 0 Å². The standard InChI is InChI=1S/C32H41F/c1-3-5-7-8-10-12-29-21-24-31(32(33)25-29)30-22-19-28(20-23-30)18-17-27-15-13-26(14-16-27)11-9-6-4-2/h13-16,19-25H,3-12,17-18H2,1-2H3. The highest BCUT2D eigenvalue weighted by Crippen LogP contribution is 2.25. The first-order chi connectivity index (χ1) is 16.2. The van der Waals surface area contributed by atoms with Crippen LogP contribution in [-0.4, -0.2) is 0 Å². The van der Waals surface area contributed by atoms with Crippen LogP contribution in [0.1, 0.15) is 87.5 Å². The molecule has 0 saturated heterocycles. The maximum absolute atomic E-state index is 14.8. The molecule has 1 heteroatoms. The molecule has 0 aliphatic heterocycles. The highest BCUT2D eigenvalue weighted by molar-refractivity contribution is 5.64. The summed E-state index contributed by atoms with van der Waals surface area (Å²) in [4.78, 5) is 0. The third-order valence-electron chi connectivity index (χ3n) is 6.66. The smallest absolute Gasteiger partial charge is 0.131 e. The van der Waals surface area contributed by atoms with Crippen LogP contribution >= 0.6 is 0 Å². The SMILES string of the molecule is CCCCCCCc1ccc(-c2ccc(CCc3ccc(CCCCC)cc3)cc2)c(F)c1. The van der Waals surface area contributed by atoms with Gasteiger partial charge < -0.3 is 0 Å². The minimum atomic E-state index is -0.104. The van der Waals surface area contributed by atoms with Crippen molar-refractivity contribution in [2.75, 3.05) is 0 Å². The van der Waals surface area contributed by atoms with E-state index in [2.05, 4.69) is 68.4 Å². The zero-order valence-electron chi connectivity index (χ0n) is 20.7. The van der Waals surface area contributed by atoms with Gasteiger partial charge in [-0.1, -0.05) is 113 Å². The van der Waals surface area contributed by atoms with E-state index < -0.39 is 0 Å². The second-order valence-corrected chi connectivity index (χ2v) is 9.45. The molecule has 176 valence electrons. The van der Waals surface area contributed by atoms with Crippen molar-refractivity contribution in [3.05, 3.63) is 94.8 Å². The molecule has 0 radical (unpaired) electrons. The maximum atomic E-state index is 14.8. The Morgan fingerprint density at radius 1 is 0.485 bits per heavy atom. The van der Waals surface area contributed by atoms with Crippen molar-refractivity contribution in [3.63, 3.8) is 0 Å². The lowest BCUT2D eigenvalue weighted by molar-refractivity contribution is 0.618. The van der Waals surface area contributed by atoms with Crippen molar-refractivity contribution in [3.8, 4) is 11.1 Å². The fraction of sp³-hybridized carbons (Fsp3) is 0.438. The number of halogens is 1. The van der Waals surface area contributed by atoms with Crippen LogP contribution < -0.4 is 0 Å². The van der Waals surface area contributed by atoms with Gasteiger partial charge in [-0.25, -0.2) is 4.39 Å². The van der Waals surface area contributed by atoms with Gasteiger partial charge in [0.2, 0.25) is 0 Å². The number of hydrogen-bond donors (Lipinski definition) is 0. The Morgan fingerprint density at radius 2 is 0.939 bits per heavy atom. The van der Waals surface area contributed by atoms with Crippen LogP contribution in [0.25, 0.3) is 11.1 Å². The molecule has 0 aliphatic carbocycles. The average Bonchev–Trinajstić information content (AvgIpc) is 2.84. The first-order valence-corrected chi connectivity index (χ1v) is 13.1. The fourth-order valence-corrected chi connectivity index (χ4v) is 4.47. The van der Waals surface area contributed by atoms with E-state index in [0.29, 0.717) is 5.56 Å². The van der Waals surface area contributed by atoms with Crippen molar-refractivity contribution in [2.24, 2.45) is 0 Å². The van der Waals surface area contributed by atoms with Crippen LogP contribution in [-0.2, 0) is 25.7 Å². The summed E-state index contributed by atoms with van der Waals surface area (Å²) in [7, 11) is 0. The highest BCUT2D eigenvalue weighted by atomic mass is 19.1. The van der Waals surface area contributed by atoms with Crippen molar-refractivity contribution < 1.29 is 4.39 Å². The second kappa shape index (κ2) is 14.0. The molecule has 0 heterocycles. The average molecular weight is 445 g/mol. The van der Waals surface area contributed by atoms with Gasteiger partial charge in [-0.3, -0.25) is 0 Å². The van der Waals surface area contributed by atoms with Crippen molar-refractivity contribution >= 4 is 0 Å².